The van der Waals surface area contributed by atoms with Gasteiger partial charge in [0.25, 0.3) is 0 Å². The quantitative estimate of drug-likeness (QED) is 0.514. The number of aryl methyl sites for hydroxylation is 2. The summed E-state index contributed by atoms with van der Waals surface area (Å²) in [6.45, 7) is 2.73. The molecule has 0 saturated heterocycles. The molecule has 3 rings (SSSR count). The standard InChI is InChI=1S/C24H30O3/c25-23-17-24(18-23,19-26-15-7-13-21-9-3-1-4-10-21)20-27-16-8-14-22-11-5-2-6-12-22/h1-6,9-12H,7-8,13-20H2. The summed E-state index contributed by atoms with van der Waals surface area (Å²) in [7, 11) is 0. The lowest BCUT2D eigenvalue weighted by molar-refractivity contribution is -0.143. The Bertz CT molecular complexity index is 622. The number of ketones is 1. The molecule has 2 aromatic carbocycles. The highest BCUT2D eigenvalue weighted by Crippen LogP contribution is 2.38. The minimum absolute atomic E-state index is 0.0867. The van der Waals surface area contributed by atoms with Crippen molar-refractivity contribution >= 4 is 5.78 Å². The van der Waals surface area contributed by atoms with E-state index >= 15 is 0 Å². The zero-order valence-electron chi connectivity index (χ0n) is 16.1. The predicted octanol–water partition coefficient (Wildman–Crippen LogP) is 4.63. The van der Waals surface area contributed by atoms with Crippen LogP contribution in [0.2, 0.25) is 0 Å². The molecule has 0 atom stereocenters. The Morgan fingerprint density at radius 3 is 1.56 bits per heavy atom. The fourth-order valence-electron chi connectivity index (χ4n) is 3.65. The second-order valence-electron chi connectivity index (χ2n) is 7.68. The van der Waals surface area contributed by atoms with Crippen molar-refractivity contribution in [2.24, 2.45) is 5.41 Å². The third kappa shape index (κ3) is 6.60. The van der Waals surface area contributed by atoms with E-state index in [-0.39, 0.29) is 5.41 Å². The molecule has 2 aromatic rings. The molecule has 0 unspecified atom stereocenters. The van der Waals surface area contributed by atoms with Crippen molar-refractivity contribution in [1.82, 2.24) is 0 Å². The van der Waals surface area contributed by atoms with Crippen LogP contribution in [0.15, 0.2) is 60.7 Å². The van der Waals surface area contributed by atoms with Crippen LogP contribution < -0.4 is 0 Å². The second-order valence-corrected chi connectivity index (χ2v) is 7.68. The van der Waals surface area contributed by atoms with E-state index in [1.807, 2.05) is 12.1 Å². The van der Waals surface area contributed by atoms with Gasteiger partial charge in [0.15, 0.2) is 0 Å². The first kappa shape index (κ1) is 19.8. The zero-order chi connectivity index (χ0) is 18.8. The van der Waals surface area contributed by atoms with Gasteiger partial charge in [-0.3, -0.25) is 4.79 Å². The van der Waals surface area contributed by atoms with Crippen LogP contribution >= 0.6 is 0 Å². The Morgan fingerprint density at radius 2 is 1.15 bits per heavy atom. The first-order valence-electron chi connectivity index (χ1n) is 10.0. The number of Topliss-reactive ketones (excluding diaryl/α,β-unsaturated/α-hetero) is 1. The molecule has 0 aromatic heterocycles. The highest BCUT2D eigenvalue weighted by molar-refractivity contribution is 5.86. The Balaban J connectivity index is 1.29. The van der Waals surface area contributed by atoms with Crippen LogP contribution in [0, 0.1) is 5.41 Å². The first-order valence-corrected chi connectivity index (χ1v) is 10.0. The smallest absolute Gasteiger partial charge is 0.134 e. The van der Waals surface area contributed by atoms with E-state index in [1.165, 1.54) is 11.1 Å². The SMILES string of the molecule is O=C1CC(COCCCc2ccccc2)(COCCCc2ccccc2)C1. The summed E-state index contributed by atoms with van der Waals surface area (Å²) < 4.78 is 11.8. The Kier molecular flexibility index (Phi) is 7.61. The number of benzene rings is 2. The van der Waals surface area contributed by atoms with E-state index < -0.39 is 0 Å². The van der Waals surface area contributed by atoms with Crippen molar-refractivity contribution in [1.29, 1.82) is 0 Å². The van der Waals surface area contributed by atoms with Gasteiger partial charge in [0, 0.05) is 31.5 Å². The van der Waals surface area contributed by atoms with Crippen molar-refractivity contribution < 1.29 is 14.3 Å². The van der Waals surface area contributed by atoms with Gasteiger partial charge in [-0.1, -0.05) is 60.7 Å². The van der Waals surface area contributed by atoms with E-state index in [1.54, 1.807) is 0 Å². The highest BCUT2D eigenvalue weighted by Gasteiger charge is 2.43. The normalized spacial score (nSPS) is 15.5. The summed E-state index contributed by atoms with van der Waals surface area (Å²) in [5.74, 6) is 0.329. The molecule has 0 radical (unpaired) electrons. The summed E-state index contributed by atoms with van der Waals surface area (Å²) in [6.07, 6.45) is 5.28. The van der Waals surface area contributed by atoms with Crippen molar-refractivity contribution in [3.05, 3.63) is 71.8 Å². The van der Waals surface area contributed by atoms with Crippen LogP contribution in [0.25, 0.3) is 0 Å². The lowest BCUT2D eigenvalue weighted by Gasteiger charge is -2.39. The fraction of sp³-hybridized carbons (Fsp3) is 0.458. The third-order valence-corrected chi connectivity index (χ3v) is 5.15. The molecule has 1 aliphatic rings. The van der Waals surface area contributed by atoms with Gasteiger partial charge in [0.05, 0.1) is 13.2 Å². The fourth-order valence-corrected chi connectivity index (χ4v) is 3.65. The topological polar surface area (TPSA) is 35.5 Å². The minimum Gasteiger partial charge on any atom is -0.381 e. The number of hydrogen-bond acceptors (Lipinski definition) is 3. The Morgan fingerprint density at radius 1 is 0.704 bits per heavy atom. The van der Waals surface area contributed by atoms with Gasteiger partial charge in [0.2, 0.25) is 0 Å². The van der Waals surface area contributed by atoms with Crippen LogP contribution in [-0.4, -0.2) is 32.2 Å². The molecule has 0 heterocycles. The Labute approximate surface area is 162 Å². The van der Waals surface area contributed by atoms with Crippen molar-refractivity contribution in [2.45, 2.75) is 38.5 Å². The van der Waals surface area contributed by atoms with Crippen molar-refractivity contribution in [3.63, 3.8) is 0 Å². The molecular weight excluding hydrogens is 336 g/mol. The van der Waals surface area contributed by atoms with Crippen molar-refractivity contribution in [2.75, 3.05) is 26.4 Å². The largest absolute Gasteiger partial charge is 0.381 e. The van der Waals surface area contributed by atoms with Crippen LogP contribution in [-0.2, 0) is 27.1 Å². The number of ether oxygens (including phenoxy) is 2. The Hall–Kier alpha value is -1.97. The molecular formula is C24H30O3. The molecule has 3 nitrogen and oxygen atoms in total. The second kappa shape index (κ2) is 10.4. The van der Waals surface area contributed by atoms with Gasteiger partial charge in [-0.05, 0) is 36.8 Å². The summed E-state index contributed by atoms with van der Waals surface area (Å²) in [5.41, 5.74) is 2.60. The van der Waals surface area contributed by atoms with Gasteiger partial charge in [-0.25, -0.2) is 0 Å². The minimum atomic E-state index is -0.0867. The monoisotopic (exact) mass is 366 g/mol. The maximum absolute atomic E-state index is 11.6. The van der Waals surface area contributed by atoms with Crippen molar-refractivity contribution in [3.8, 4) is 0 Å². The lowest BCUT2D eigenvalue weighted by atomic mass is 9.69. The summed E-state index contributed by atoms with van der Waals surface area (Å²) in [4.78, 5) is 11.6. The average molecular weight is 367 g/mol. The van der Waals surface area contributed by atoms with E-state index in [9.17, 15) is 4.79 Å². The van der Waals surface area contributed by atoms with Gasteiger partial charge in [-0.2, -0.15) is 0 Å². The maximum Gasteiger partial charge on any atom is 0.134 e. The maximum atomic E-state index is 11.6. The number of carbonyl (C=O) groups excluding carboxylic acids is 1. The predicted molar refractivity (Wildman–Crippen MR) is 108 cm³/mol. The van der Waals surface area contributed by atoms with E-state index in [2.05, 4.69) is 48.5 Å². The average Bonchev–Trinajstić information content (AvgIpc) is 2.68. The van der Waals surface area contributed by atoms with Crippen LogP contribution in [0.3, 0.4) is 0 Å². The van der Waals surface area contributed by atoms with E-state index in [0.717, 1.165) is 38.9 Å². The zero-order valence-corrected chi connectivity index (χ0v) is 16.1. The molecule has 27 heavy (non-hydrogen) atoms. The number of rotatable bonds is 12. The molecule has 144 valence electrons. The molecule has 1 aliphatic carbocycles. The molecule has 1 saturated carbocycles. The lowest BCUT2D eigenvalue weighted by Crippen LogP contribution is -2.45. The highest BCUT2D eigenvalue weighted by atomic mass is 16.5. The molecule has 0 spiro atoms. The van der Waals surface area contributed by atoms with Gasteiger partial charge < -0.3 is 9.47 Å². The van der Waals surface area contributed by atoms with E-state index in [4.69, 9.17) is 9.47 Å². The van der Waals surface area contributed by atoms with Crippen LogP contribution in [0.4, 0.5) is 0 Å². The molecule has 3 heteroatoms. The van der Waals surface area contributed by atoms with Crippen LogP contribution in [0.1, 0.15) is 36.8 Å². The summed E-state index contributed by atoms with van der Waals surface area (Å²) >= 11 is 0. The molecule has 0 amide bonds. The van der Waals surface area contributed by atoms with E-state index in [0.29, 0.717) is 31.8 Å². The molecule has 0 aliphatic heterocycles. The third-order valence-electron chi connectivity index (χ3n) is 5.15. The number of hydrogen-bond donors (Lipinski definition) is 0. The summed E-state index contributed by atoms with van der Waals surface area (Å²) in [6, 6.07) is 20.9. The van der Waals surface area contributed by atoms with Gasteiger partial charge in [0.1, 0.15) is 5.78 Å². The first-order chi connectivity index (χ1) is 13.3. The summed E-state index contributed by atoms with van der Waals surface area (Å²) in [5, 5.41) is 0. The number of carbonyl (C=O) groups is 1. The van der Waals surface area contributed by atoms with Gasteiger partial charge in [-0.15, -0.1) is 0 Å². The van der Waals surface area contributed by atoms with Gasteiger partial charge >= 0.3 is 0 Å². The molecule has 0 bridgehead atoms. The van der Waals surface area contributed by atoms with Crippen LogP contribution in [0.5, 0.6) is 0 Å². The molecule has 1 fully saturated rings. The molecule has 0 N–H and O–H groups in total.